The fourth-order valence-electron chi connectivity index (χ4n) is 1.34. The van der Waals surface area contributed by atoms with Gasteiger partial charge in [-0.05, 0) is 12.1 Å². The second-order valence-corrected chi connectivity index (χ2v) is 3.41. The second kappa shape index (κ2) is 5.36. The number of hydrogen-bond acceptors (Lipinski definition) is 4. The highest BCUT2D eigenvalue weighted by atomic mass is 19.1. The molecule has 0 aliphatic carbocycles. The molecule has 0 amide bonds. The lowest BCUT2D eigenvalue weighted by molar-refractivity contribution is 0.294. The summed E-state index contributed by atoms with van der Waals surface area (Å²) >= 11 is 0. The highest BCUT2D eigenvalue weighted by Crippen LogP contribution is 2.16. The van der Waals surface area contributed by atoms with Crippen molar-refractivity contribution in [1.82, 2.24) is 9.97 Å². The topological polar surface area (TPSA) is 61.0 Å². The number of rotatable bonds is 4. The van der Waals surface area contributed by atoms with Crippen molar-refractivity contribution in [3.63, 3.8) is 0 Å². The Bertz CT molecular complexity index is 490. The van der Waals surface area contributed by atoms with Crippen molar-refractivity contribution in [3.05, 3.63) is 53.9 Å². The van der Waals surface area contributed by atoms with E-state index in [-0.39, 0.29) is 19.0 Å². The number of nitrogens with two attached hydrogens (primary N) is 1. The molecule has 4 nitrogen and oxygen atoms in total. The van der Waals surface area contributed by atoms with Gasteiger partial charge in [-0.2, -0.15) is 0 Å². The Kier molecular flexibility index (Phi) is 3.62. The molecule has 1 heterocycles. The van der Waals surface area contributed by atoms with Gasteiger partial charge in [0.05, 0.1) is 0 Å². The highest BCUT2D eigenvalue weighted by molar-refractivity contribution is 5.28. The van der Waals surface area contributed by atoms with E-state index < -0.39 is 0 Å². The molecule has 1 aromatic heterocycles. The van der Waals surface area contributed by atoms with Gasteiger partial charge >= 0.3 is 0 Å². The first-order valence-electron chi connectivity index (χ1n) is 5.17. The highest BCUT2D eigenvalue weighted by Gasteiger charge is 2.03. The van der Waals surface area contributed by atoms with Crippen LogP contribution in [0.4, 0.5) is 4.39 Å². The standard InChI is InChI=1S/C12H12FN3O/c13-11-6-10(3-2-9(11)7-14)17-8-12-15-4-1-5-16-12/h1-6H,7-8,14H2. The number of hydrogen-bond donors (Lipinski definition) is 1. The van der Waals surface area contributed by atoms with Gasteiger partial charge < -0.3 is 10.5 Å². The van der Waals surface area contributed by atoms with Crippen LogP contribution in [0.5, 0.6) is 5.75 Å². The predicted octanol–water partition coefficient (Wildman–Crippen LogP) is 1.65. The Balaban J connectivity index is 2.02. The van der Waals surface area contributed by atoms with Gasteiger partial charge in [-0.15, -0.1) is 0 Å². The monoisotopic (exact) mass is 233 g/mol. The van der Waals surface area contributed by atoms with Gasteiger partial charge in [0.1, 0.15) is 18.2 Å². The van der Waals surface area contributed by atoms with Crippen LogP contribution in [0.25, 0.3) is 0 Å². The average molecular weight is 233 g/mol. The molecule has 0 aliphatic heterocycles. The Morgan fingerprint density at radius 3 is 2.65 bits per heavy atom. The summed E-state index contributed by atoms with van der Waals surface area (Å²) in [7, 11) is 0. The predicted molar refractivity (Wildman–Crippen MR) is 60.7 cm³/mol. The fourth-order valence-corrected chi connectivity index (χ4v) is 1.34. The second-order valence-electron chi connectivity index (χ2n) is 3.41. The average Bonchev–Trinajstić information content (AvgIpc) is 2.38. The van der Waals surface area contributed by atoms with Crippen LogP contribution in [0.3, 0.4) is 0 Å². The quantitative estimate of drug-likeness (QED) is 0.872. The largest absolute Gasteiger partial charge is 0.486 e. The summed E-state index contributed by atoms with van der Waals surface area (Å²) in [5, 5.41) is 0. The third-order valence-corrected chi connectivity index (χ3v) is 2.23. The zero-order valence-corrected chi connectivity index (χ0v) is 9.14. The van der Waals surface area contributed by atoms with E-state index in [1.807, 2.05) is 0 Å². The molecule has 0 atom stereocenters. The molecule has 0 spiro atoms. The lowest BCUT2D eigenvalue weighted by Gasteiger charge is -2.06. The third kappa shape index (κ3) is 2.98. The van der Waals surface area contributed by atoms with E-state index in [1.54, 1.807) is 30.6 Å². The number of benzene rings is 1. The summed E-state index contributed by atoms with van der Waals surface area (Å²) in [6.45, 7) is 0.385. The van der Waals surface area contributed by atoms with Gasteiger partial charge in [0.15, 0.2) is 5.82 Å². The van der Waals surface area contributed by atoms with Crippen molar-refractivity contribution >= 4 is 0 Å². The van der Waals surface area contributed by atoms with E-state index in [0.29, 0.717) is 17.1 Å². The summed E-state index contributed by atoms with van der Waals surface area (Å²) in [6.07, 6.45) is 3.26. The van der Waals surface area contributed by atoms with Crippen LogP contribution >= 0.6 is 0 Å². The van der Waals surface area contributed by atoms with Crippen molar-refractivity contribution in [2.24, 2.45) is 5.73 Å². The Hall–Kier alpha value is -2.01. The molecular weight excluding hydrogens is 221 g/mol. The molecular formula is C12H12FN3O. The molecule has 0 saturated heterocycles. The zero-order valence-electron chi connectivity index (χ0n) is 9.14. The van der Waals surface area contributed by atoms with E-state index in [0.717, 1.165) is 0 Å². The van der Waals surface area contributed by atoms with Crippen LogP contribution in [0, 0.1) is 5.82 Å². The molecule has 0 bridgehead atoms. The minimum atomic E-state index is -0.362. The summed E-state index contributed by atoms with van der Waals surface area (Å²) < 4.78 is 18.8. The smallest absolute Gasteiger partial charge is 0.166 e. The van der Waals surface area contributed by atoms with E-state index in [1.165, 1.54) is 6.07 Å². The molecule has 2 aromatic rings. The first kappa shape index (κ1) is 11.5. The Labute approximate surface area is 98.3 Å². The number of nitrogens with zero attached hydrogens (tertiary/aromatic N) is 2. The first-order chi connectivity index (χ1) is 8.29. The molecule has 0 fully saturated rings. The molecule has 5 heteroatoms. The van der Waals surface area contributed by atoms with Gasteiger partial charge in [0.2, 0.25) is 0 Å². The van der Waals surface area contributed by atoms with Crippen molar-refractivity contribution in [3.8, 4) is 5.75 Å². The fraction of sp³-hybridized carbons (Fsp3) is 0.167. The van der Waals surface area contributed by atoms with Crippen LogP contribution in [-0.4, -0.2) is 9.97 Å². The lowest BCUT2D eigenvalue weighted by atomic mass is 10.2. The zero-order chi connectivity index (χ0) is 12.1. The van der Waals surface area contributed by atoms with Gasteiger partial charge in [-0.25, -0.2) is 14.4 Å². The Morgan fingerprint density at radius 1 is 1.24 bits per heavy atom. The maximum Gasteiger partial charge on any atom is 0.166 e. The van der Waals surface area contributed by atoms with E-state index in [9.17, 15) is 4.39 Å². The first-order valence-corrected chi connectivity index (χ1v) is 5.17. The van der Waals surface area contributed by atoms with Crippen LogP contribution in [-0.2, 0) is 13.2 Å². The van der Waals surface area contributed by atoms with Gasteiger partial charge in [0, 0.05) is 30.6 Å². The summed E-state index contributed by atoms with van der Waals surface area (Å²) in [5.41, 5.74) is 5.83. The van der Waals surface area contributed by atoms with Crippen LogP contribution in [0.1, 0.15) is 11.4 Å². The normalized spacial score (nSPS) is 10.2. The van der Waals surface area contributed by atoms with Crippen LogP contribution < -0.4 is 10.5 Å². The van der Waals surface area contributed by atoms with Crippen molar-refractivity contribution in [2.45, 2.75) is 13.2 Å². The lowest BCUT2D eigenvalue weighted by Crippen LogP contribution is -2.02. The molecule has 88 valence electrons. The maximum atomic E-state index is 13.4. The molecule has 0 unspecified atom stereocenters. The summed E-state index contributed by atoms with van der Waals surface area (Å²) in [4.78, 5) is 8.00. The maximum absolute atomic E-state index is 13.4. The van der Waals surface area contributed by atoms with Crippen molar-refractivity contribution in [1.29, 1.82) is 0 Å². The molecule has 17 heavy (non-hydrogen) atoms. The van der Waals surface area contributed by atoms with Crippen molar-refractivity contribution in [2.75, 3.05) is 0 Å². The molecule has 2 rings (SSSR count). The Morgan fingerprint density at radius 2 is 2.00 bits per heavy atom. The van der Waals surface area contributed by atoms with E-state index in [4.69, 9.17) is 10.5 Å². The number of aromatic nitrogens is 2. The van der Waals surface area contributed by atoms with E-state index >= 15 is 0 Å². The van der Waals surface area contributed by atoms with Gasteiger partial charge in [-0.1, -0.05) is 6.07 Å². The minimum absolute atomic E-state index is 0.175. The molecule has 2 N–H and O–H groups in total. The summed E-state index contributed by atoms with van der Waals surface area (Å²) in [6, 6.07) is 6.31. The third-order valence-electron chi connectivity index (χ3n) is 2.23. The van der Waals surface area contributed by atoms with Crippen LogP contribution in [0.2, 0.25) is 0 Å². The number of halogens is 1. The van der Waals surface area contributed by atoms with Crippen LogP contribution in [0.15, 0.2) is 36.7 Å². The van der Waals surface area contributed by atoms with E-state index in [2.05, 4.69) is 9.97 Å². The van der Waals surface area contributed by atoms with Gasteiger partial charge in [0.25, 0.3) is 0 Å². The minimum Gasteiger partial charge on any atom is -0.486 e. The summed E-state index contributed by atoms with van der Waals surface area (Å²) in [5.74, 6) is 0.627. The number of ether oxygens (including phenoxy) is 1. The van der Waals surface area contributed by atoms with Gasteiger partial charge in [-0.3, -0.25) is 0 Å². The SMILES string of the molecule is NCc1ccc(OCc2ncccn2)cc1F. The molecule has 0 saturated carbocycles. The molecule has 0 radical (unpaired) electrons. The molecule has 0 aliphatic rings. The molecule has 1 aromatic carbocycles. The van der Waals surface area contributed by atoms with Crippen molar-refractivity contribution < 1.29 is 9.13 Å².